The molecule has 3 nitrogen and oxygen atoms in total. The van der Waals surface area contributed by atoms with Crippen molar-refractivity contribution in [3.05, 3.63) is 41.6 Å². The highest BCUT2D eigenvalue weighted by molar-refractivity contribution is 5.51. The first-order valence-electron chi connectivity index (χ1n) is 7.11. The molecule has 0 aliphatic heterocycles. The van der Waals surface area contributed by atoms with Crippen LogP contribution in [0.3, 0.4) is 0 Å². The van der Waals surface area contributed by atoms with Gasteiger partial charge in [0.15, 0.2) is 0 Å². The summed E-state index contributed by atoms with van der Waals surface area (Å²) in [5.41, 5.74) is 9.73. The number of hydrogen-bond donors (Lipinski definition) is 1. The van der Waals surface area contributed by atoms with Gasteiger partial charge in [-0.2, -0.15) is 5.10 Å². The van der Waals surface area contributed by atoms with Crippen molar-refractivity contribution in [2.24, 2.45) is 0 Å². The molecule has 0 aliphatic rings. The summed E-state index contributed by atoms with van der Waals surface area (Å²) in [4.78, 5) is 0. The van der Waals surface area contributed by atoms with Gasteiger partial charge < -0.3 is 5.73 Å². The molecule has 2 N–H and O–H groups in total. The topological polar surface area (TPSA) is 43.8 Å². The predicted molar refractivity (Wildman–Crippen MR) is 80.7 cm³/mol. The van der Waals surface area contributed by atoms with Crippen LogP contribution in [0.1, 0.15) is 50.8 Å². The molecule has 2 rings (SSSR count). The molecule has 0 amide bonds. The molecule has 3 heteroatoms. The normalized spacial score (nSPS) is 12.6. The average molecular weight is 257 g/mol. The lowest BCUT2D eigenvalue weighted by atomic mass is 9.98. The van der Waals surface area contributed by atoms with E-state index >= 15 is 0 Å². The summed E-state index contributed by atoms with van der Waals surface area (Å²) in [6.07, 6.45) is 3.18. The fourth-order valence-electron chi connectivity index (χ4n) is 2.34. The summed E-state index contributed by atoms with van der Waals surface area (Å²) in [5.74, 6) is 1.25. The van der Waals surface area contributed by atoms with Crippen molar-refractivity contribution in [3.8, 4) is 5.69 Å². The maximum Gasteiger partial charge on any atom is 0.130 e. The Morgan fingerprint density at radius 1 is 1.21 bits per heavy atom. The standard InChI is InChI=1S/C16H23N3/c1-4-9-14-15(12(3)5-2)18-19(16(14)17)13-10-7-6-8-11-13/h6-8,10-12H,4-5,9,17H2,1-3H3. The number of nitrogen functional groups attached to an aromatic ring is 1. The maximum absolute atomic E-state index is 6.32. The molecule has 0 aliphatic carbocycles. The molecule has 1 aromatic heterocycles. The van der Waals surface area contributed by atoms with Gasteiger partial charge in [-0.15, -0.1) is 0 Å². The highest BCUT2D eigenvalue weighted by atomic mass is 15.3. The van der Waals surface area contributed by atoms with E-state index in [0.29, 0.717) is 5.92 Å². The van der Waals surface area contributed by atoms with Crippen LogP contribution < -0.4 is 5.73 Å². The fraction of sp³-hybridized carbons (Fsp3) is 0.438. The van der Waals surface area contributed by atoms with Crippen LogP contribution in [0.15, 0.2) is 30.3 Å². The van der Waals surface area contributed by atoms with Crippen molar-refractivity contribution < 1.29 is 0 Å². The van der Waals surface area contributed by atoms with Crippen LogP contribution in [0.5, 0.6) is 0 Å². The van der Waals surface area contributed by atoms with Crippen LogP contribution in [-0.4, -0.2) is 9.78 Å². The summed E-state index contributed by atoms with van der Waals surface area (Å²) in [6, 6.07) is 10.1. The molecule has 0 radical (unpaired) electrons. The monoisotopic (exact) mass is 257 g/mol. The molecule has 1 unspecified atom stereocenters. The summed E-state index contributed by atoms with van der Waals surface area (Å²) in [7, 11) is 0. The highest BCUT2D eigenvalue weighted by Crippen LogP contribution is 2.29. The van der Waals surface area contributed by atoms with Crippen LogP contribution in [-0.2, 0) is 6.42 Å². The van der Waals surface area contributed by atoms with Crippen molar-refractivity contribution in [1.29, 1.82) is 0 Å². The smallest absolute Gasteiger partial charge is 0.130 e. The second-order valence-corrected chi connectivity index (χ2v) is 5.06. The molecule has 0 bridgehead atoms. The quantitative estimate of drug-likeness (QED) is 0.882. The molecule has 2 aromatic rings. The second-order valence-electron chi connectivity index (χ2n) is 5.06. The molecule has 0 fully saturated rings. The van der Waals surface area contributed by atoms with Gasteiger partial charge >= 0.3 is 0 Å². The molecule has 1 heterocycles. The number of nitrogens with two attached hydrogens (primary N) is 1. The molecular formula is C16H23N3. The van der Waals surface area contributed by atoms with E-state index in [2.05, 4.69) is 20.8 Å². The summed E-state index contributed by atoms with van der Waals surface area (Å²) < 4.78 is 1.88. The highest BCUT2D eigenvalue weighted by Gasteiger charge is 2.19. The van der Waals surface area contributed by atoms with Gasteiger partial charge in [-0.1, -0.05) is 45.4 Å². The summed E-state index contributed by atoms with van der Waals surface area (Å²) in [5, 5.41) is 4.76. The average Bonchev–Trinajstić information content (AvgIpc) is 2.77. The molecule has 19 heavy (non-hydrogen) atoms. The van der Waals surface area contributed by atoms with Gasteiger partial charge in [0.05, 0.1) is 11.4 Å². The number of rotatable bonds is 5. The lowest BCUT2D eigenvalue weighted by Gasteiger charge is -2.07. The van der Waals surface area contributed by atoms with Crippen molar-refractivity contribution in [2.75, 3.05) is 5.73 Å². The number of aromatic nitrogens is 2. The van der Waals surface area contributed by atoms with E-state index in [1.807, 2.05) is 35.0 Å². The predicted octanol–water partition coefficient (Wildman–Crippen LogP) is 3.92. The van der Waals surface area contributed by atoms with Gasteiger partial charge in [-0.25, -0.2) is 4.68 Å². The van der Waals surface area contributed by atoms with Gasteiger partial charge in [-0.05, 0) is 25.0 Å². The van der Waals surface area contributed by atoms with Crippen LogP contribution >= 0.6 is 0 Å². The van der Waals surface area contributed by atoms with Gasteiger partial charge in [-0.3, -0.25) is 0 Å². The lowest BCUT2D eigenvalue weighted by molar-refractivity contribution is 0.680. The molecular weight excluding hydrogens is 234 g/mol. The van der Waals surface area contributed by atoms with Crippen molar-refractivity contribution >= 4 is 5.82 Å². The zero-order valence-corrected chi connectivity index (χ0v) is 12.1. The number of anilines is 1. The van der Waals surface area contributed by atoms with Gasteiger partial charge in [0.2, 0.25) is 0 Å². The minimum absolute atomic E-state index is 0.453. The van der Waals surface area contributed by atoms with E-state index in [0.717, 1.165) is 36.5 Å². The fourth-order valence-corrected chi connectivity index (χ4v) is 2.34. The van der Waals surface area contributed by atoms with E-state index in [9.17, 15) is 0 Å². The summed E-state index contributed by atoms with van der Waals surface area (Å²) in [6.45, 7) is 6.59. The second kappa shape index (κ2) is 5.91. The first-order chi connectivity index (χ1) is 9.19. The Labute approximate surface area is 115 Å². The van der Waals surface area contributed by atoms with E-state index in [4.69, 9.17) is 10.8 Å². The largest absolute Gasteiger partial charge is 0.383 e. The Bertz CT molecular complexity index is 528. The number of hydrogen-bond acceptors (Lipinski definition) is 2. The Morgan fingerprint density at radius 3 is 2.47 bits per heavy atom. The maximum atomic E-state index is 6.32. The third kappa shape index (κ3) is 2.65. The third-order valence-corrected chi connectivity index (χ3v) is 3.63. The molecule has 1 aromatic carbocycles. The Hall–Kier alpha value is -1.77. The van der Waals surface area contributed by atoms with E-state index < -0.39 is 0 Å². The van der Waals surface area contributed by atoms with Crippen molar-refractivity contribution in [2.45, 2.75) is 46.0 Å². The minimum Gasteiger partial charge on any atom is -0.383 e. The SMILES string of the molecule is CCCc1c(C(C)CC)nn(-c2ccccc2)c1N. The lowest BCUT2D eigenvalue weighted by Crippen LogP contribution is -2.02. The van der Waals surface area contributed by atoms with E-state index in [-0.39, 0.29) is 0 Å². The zero-order chi connectivity index (χ0) is 13.8. The van der Waals surface area contributed by atoms with Crippen LogP contribution in [0.25, 0.3) is 5.69 Å². The minimum atomic E-state index is 0.453. The Kier molecular flexibility index (Phi) is 4.25. The first-order valence-corrected chi connectivity index (χ1v) is 7.11. The van der Waals surface area contributed by atoms with E-state index in [1.54, 1.807) is 0 Å². The number of para-hydroxylation sites is 1. The van der Waals surface area contributed by atoms with Crippen molar-refractivity contribution in [3.63, 3.8) is 0 Å². The molecule has 1 atom stereocenters. The molecule has 102 valence electrons. The summed E-state index contributed by atoms with van der Waals surface area (Å²) >= 11 is 0. The number of benzene rings is 1. The van der Waals surface area contributed by atoms with Crippen LogP contribution in [0.2, 0.25) is 0 Å². The Morgan fingerprint density at radius 2 is 1.89 bits per heavy atom. The van der Waals surface area contributed by atoms with Crippen molar-refractivity contribution in [1.82, 2.24) is 9.78 Å². The Balaban J connectivity index is 2.52. The zero-order valence-electron chi connectivity index (χ0n) is 12.1. The van der Waals surface area contributed by atoms with Gasteiger partial charge in [0.25, 0.3) is 0 Å². The van der Waals surface area contributed by atoms with Crippen LogP contribution in [0, 0.1) is 0 Å². The molecule has 0 saturated heterocycles. The van der Waals surface area contributed by atoms with Gasteiger partial charge in [0.1, 0.15) is 5.82 Å². The van der Waals surface area contributed by atoms with E-state index in [1.165, 1.54) is 5.56 Å². The molecule has 0 saturated carbocycles. The number of nitrogens with zero attached hydrogens (tertiary/aromatic N) is 2. The van der Waals surface area contributed by atoms with Gasteiger partial charge in [0, 0.05) is 11.5 Å². The van der Waals surface area contributed by atoms with Crippen LogP contribution in [0.4, 0.5) is 5.82 Å². The molecule has 0 spiro atoms. The third-order valence-electron chi connectivity index (χ3n) is 3.63. The first kappa shape index (κ1) is 13.7.